The molecule has 2 aromatic carbocycles. The molecule has 0 saturated heterocycles. The third-order valence-electron chi connectivity index (χ3n) is 4.23. The van der Waals surface area contributed by atoms with E-state index in [1.54, 1.807) is 6.07 Å². The molecule has 2 N–H and O–H groups in total. The van der Waals surface area contributed by atoms with E-state index in [9.17, 15) is 4.79 Å². The van der Waals surface area contributed by atoms with E-state index >= 15 is 0 Å². The first-order chi connectivity index (χ1) is 12.2. The van der Waals surface area contributed by atoms with Crippen molar-refractivity contribution in [3.8, 4) is 5.75 Å². The second kappa shape index (κ2) is 6.39. The first-order valence-electron chi connectivity index (χ1n) is 8.21. The molecule has 0 spiro atoms. The third-order valence-corrected chi connectivity index (χ3v) is 4.23. The zero-order valence-corrected chi connectivity index (χ0v) is 13.8. The zero-order valence-electron chi connectivity index (χ0n) is 13.8. The van der Waals surface area contributed by atoms with Crippen molar-refractivity contribution >= 4 is 5.91 Å². The van der Waals surface area contributed by atoms with E-state index in [1.807, 2.05) is 49.4 Å². The highest BCUT2D eigenvalue weighted by Crippen LogP contribution is 2.26. The maximum absolute atomic E-state index is 12.8. The van der Waals surface area contributed by atoms with Crippen molar-refractivity contribution in [1.82, 2.24) is 20.5 Å². The van der Waals surface area contributed by atoms with E-state index in [0.717, 1.165) is 23.3 Å². The number of hydrogen-bond donors (Lipinski definition) is 2. The molecule has 3 aromatic rings. The molecule has 2 heterocycles. The molecule has 0 unspecified atom stereocenters. The Kier molecular flexibility index (Phi) is 3.93. The molecule has 6 heteroatoms. The van der Waals surface area contributed by atoms with E-state index in [2.05, 4.69) is 20.5 Å². The second-order valence-corrected chi connectivity index (χ2v) is 6.02. The summed E-state index contributed by atoms with van der Waals surface area (Å²) in [4.78, 5) is 17.2. The number of benzene rings is 2. The van der Waals surface area contributed by atoms with Gasteiger partial charge in [-0.2, -0.15) is 5.10 Å². The number of ether oxygens (including phenoxy) is 1. The lowest BCUT2D eigenvalue weighted by Gasteiger charge is -2.16. The fourth-order valence-corrected chi connectivity index (χ4v) is 2.97. The smallest absolute Gasteiger partial charge is 0.252 e. The Labute approximate surface area is 145 Å². The van der Waals surface area contributed by atoms with E-state index in [-0.39, 0.29) is 5.91 Å². The minimum absolute atomic E-state index is 0.161. The Morgan fingerprint density at radius 2 is 2.08 bits per heavy atom. The Bertz CT molecular complexity index is 905. The maximum Gasteiger partial charge on any atom is 0.252 e. The van der Waals surface area contributed by atoms with Gasteiger partial charge in [0.05, 0.1) is 6.61 Å². The summed E-state index contributed by atoms with van der Waals surface area (Å²) in [5.41, 5.74) is 2.61. The first kappa shape index (κ1) is 15.4. The van der Waals surface area contributed by atoms with Crippen LogP contribution in [0.3, 0.4) is 0 Å². The molecule has 1 atom stereocenters. The number of fused-ring (bicyclic) bond motifs is 1. The van der Waals surface area contributed by atoms with Gasteiger partial charge < -0.3 is 10.1 Å². The predicted octanol–water partition coefficient (Wildman–Crippen LogP) is 2.57. The molecule has 25 heavy (non-hydrogen) atoms. The highest BCUT2D eigenvalue weighted by molar-refractivity contribution is 5.95. The lowest BCUT2D eigenvalue weighted by molar-refractivity contribution is 0.0941. The van der Waals surface area contributed by atoms with Crippen LogP contribution in [-0.4, -0.2) is 27.7 Å². The SMILES string of the molecule is Cc1nc([C@H](NC(=O)c2ccc3c(c2)CCO3)c2ccccc2)n[nH]1. The molecule has 126 valence electrons. The zero-order chi connectivity index (χ0) is 17.2. The lowest BCUT2D eigenvalue weighted by Crippen LogP contribution is -2.30. The number of nitrogens with one attached hydrogen (secondary N) is 2. The maximum atomic E-state index is 12.8. The van der Waals surface area contributed by atoms with E-state index in [0.29, 0.717) is 23.8 Å². The molecule has 1 aliphatic heterocycles. The number of aromatic nitrogens is 3. The second-order valence-electron chi connectivity index (χ2n) is 6.02. The number of nitrogens with zero attached hydrogens (tertiary/aromatic N) is 2. The Morgan fingerprint density at radius 3 is 2.84 bits per heavy atom. The van der Waals surface area contributed by atoms with Crippen LogP contribution in [0.1, 0.15) is 39.2 Å². The van der Waals surface area contributed by atoms with Crippen molar-refractivity contribution in [3.05, 3.63) is 76.9 Å². The van der Waals surface area contributed by atoms with Crippen molar-refractivity contribution in [2.75, 3.05) is 6.61 Å². The van der Waals surface area contributed by atoms with Crippen LogP contribution < -0.4 is 10.1 Å². The number of amides is 1. The monoisotopic (exact) mass is 334 g/mol. The molecule has 4 rings (SSSR count). The van der Waals surface area contributed by atoms with Crippen LogP contribution in [-0.2, 0) is 6.42 Å². The van der Waals surface area contributed by atoms with Crippen molar-refractivity contribution in [2.24, 2.45) is 0 Å². The quantitative estimate of drug-likeness (QED) is 0.768. The molecule has 0 fully saturated rings. The van der Waals surface area contributed by atoms with Gasteiger partial charge in [-0.1, -0.05) is 30.3 Å². The average molecular weight is 334 g/mol. The summed E-state index contributed by atoms with van der Waals surface area (Å²) >= 11 is 0. The van der Waals surface area contributed by atoms with Gasteiger partial charge in [0.15, 0.2) is 5.82 Å². The summed E-state index contributed by atoms with van der Waals surface area (Å²) in [6.45, 7) is 2.50. The summed E-state index contributed by atoms with van der Waals surface area (Å²) in [7, 11) is 0. The summed E-state index contributed by atoms with van der Waals surface area (Å²) in [6, 6.07) is 14.8. The van der Waals surface area contributed by atoms with Crippen LogP contribution in [0, 0.1) is 6.92 Å². The number of rotatable bonds is 4. The van der Waals surface area contributed by atoms with Crippen LogP contribution in [0.5, 0.6) is 5.75 Å². The van der Waals surface area contributed by atoms with Gasteiger partial charge in [-0.05, 0) is 36.2 Å². The summed E-state index contributed by atoms with van der Waals surface area (Å²) < 4.78 is 5.50. The third kappa shape index (κ3) is 3.10. The van der Waals surface area contributed by atoms with Gasteiger partial charge in [0, 0.05) is 12.0 Å². The van der Waals surface area contributed by atoms with Gasteiger partial charge in [-0.3, -0.25) is 9.89 Å². The van der Waals surface area contributed by atoms with Crippen LogP contribution in [0.15, 0.2) is 48.5 Å². The fourth-order valence-electron chi connectivity index (χ4n) is 2.97. The number of aryl methyl sites for hydroxylation is 1. The number of H-pyrrole nitrogens is 1. The van der Waals surface area contributed by atoms with E-state index < -0.39 is 6.04 Å². The molecule has 1 amide bonds. The topological polar surface area (TPSA) is 79.9 Å². The first-order valence-corrected chi connectivity index (χ1v) is 8.21. The molecule has 0 saturated carbocycles. The highest BCUT2D eigenvalue weighted by Gasteiger charge is 2.22. The Balaban J connectivity index is 1.63. The van der Waals surface area contributed by atoms with E-state index in [1.165, 1.54) is 0 Å². The summed E-state index contributed by atoms with van der Waals surface area (Å²) in [5.74, 6) is 1.95. The van der Waals surface area contributed by atoms with Crippen LogP contribution in [0.25, 0.3) is 0 Å². The molecule has 0 radical (unpaired) electrons. The van der Waals surface area contributed by atoms with Crippen LogP contribution in [0.2, 0.25) is 0 Å². The minimum atomic E-state index is -0.414. The van der Waals surface area contributed by atoms with Crippen molar-refractivity contribution in [2.45, 2.75) is 19.4 Å². The number of carbonyl (C=O) groups excluding carboxylic acids is 1. The van der Waals surface area contributed by atoms with Gasteiger partial charge in [0.1, 0.15) is 17.6 Å². The molecule has 6 nitrogen and oxygen atoms in total. The molecular weight excluding hydrogens is 316 g/mol. The summed E-state index contributed by atoms with van der Waals surface area (Å²) in [5, 5.41) is 10.1. The van der Waals surface area contributed by atoms with Crippen LogP contribution in [0.4, 0.5) is 0 Å². The number of hydrogen-bond acceptors (Lipinski definition) is 4. The van der Waals surface area contributed by atoms with Crippen molar-refractivity contribution in [3.63, 3.8) is 0 Å². The lowest BCUT2D eigenvalue weighted by atomic mass is 10.0. The average Bonchev–Trinajstić information content (AvgIpc) is 3.28. The largest absolute Gasteiger partial charge is 0.493 e. The minimum Gasteiger partial charge on any atom is -0.493 e. The Morgan fingerprint density at radius 1 is 1.24 bits per heavy atom. The molecular formula is C19H18N4O2. The van der Waals surface area contributed by atoms with Crippen molar-refractivity contribution in [1.29, 1.82) is 0 Å². The normalized spacial score (nSPS) is 13.8. The standard InChI is InChI=1S/C19H18N4O2/c1-12-20-18(23-22-12)17(13-5-3-2-4-6-13)21-19(24)15-7-8-16-14(11-15)9-10-25-16/h2-8,11,17H,9-10H2,1H3,(H,21,24)(H,20,22,23)/t17-/m1/s1. The fraction of sp³-hybridized carbons (Fsp3) is 0.211. The summed E-state index contributed by atoms with van der Waals surface area (Å²) in [6.07, 6.45) is 0.832. The van der Waals surface area contributed by atoms with Gasteiger partial charge in [-0.25, -0.2) is 4.98 Å². The van der Waals surface area contributed by atoms with Crippen LogP contribution >= 0.6 is 0 Å². The predicted molar refractivity (Wildman–Crippen MR) is 92.5 cm³/mol. The molecule has 0 bridgehead atoms. The molecule has 1 aromatic heterocycles. The van der Waals surface area contributed by atoms with Gasteiger partial charge >= 0.3 is 0 Å². The van der Waals surface area contributed by atoms with E-state index in [4.69, 9.17) is 4.74 Å². The van der Waals surface area contributed by atoms with Gasteiger partial charge in [0.2, 0.25) is 0 Å². The van der Waals surface area contributed by atoms with Crippen molar-refractivity contribution < 1.29 is 9.53 Å². The van der Waals surface area contributed by atoms with Gasteiger partial charge in [-0.15, -0.1) is 0 Å². The van der Waals surface area contributed by atoms with Gasteiger partial charge in [0.25, 0.3) is 5.91 Å². The molecule has 1 aliphatic rings. The molecule has 0 aliphatic carbocycles. The number of carbonyl (C=O) groups is 1. The highest BCUT2D eigenvalue weighted by atomic mass is 16.5. The number of aromatic amines is 1. The Hall–Kier alpha value is -3.15.